The van der Waals surface area contributed by atoms with Crippen molar-refractivity contribution in [1.29, 1.82) is 0 Å². The predicted molar refractivity (Wildman–Crippen MR) is 213 cm³/mol. The van der Waals surface area contributed by atoms with Gasteiger partial charge in [0.15, 0.2) is 0 Å². The molecule has 51 heavy (non-hydrogen) atoms. The van der Waals surface area contributed by atoms with Crippen LogP contribution in [0.25, 0.3) is 72.5 Å². The van der Waals surface area contributed by atoms with Crippen molar-refractivity contribution in [3.05, 3.63) is 182 Å². The Balaban J connectivity index is 1.15. The van der Waals surface area contributed by atoms with E-state index in [2.05, 4.69) is 126 Å². The van der Waals surface area contributed by atoms with Gasteiger partial charge in [-0.2, -0.15) is 0 Å². The Labute approximate surface area is 296 Å². The van der Waals surface area contributed by atoms with Gasteiger partial charge in [-0.3, -0.25) is 4.57 Å². The van der Waals surface area contributed by atoms with Crippen LogP contribution in [0.4, 0.5) is 0 Å². The summed E-state index contributed by atoms with van der Waals surface area (Å²) in [4.78, 5) is 22.8. The summed E-state index contributed by atoms with van der Waals surface area (Å²) >= 11 is 0. The molecule has 0 saturated heterocycles. The van der Waals surface area contributed by atoms with Gasteiger partial charge in [-0.05, 0) is 65.7 Å². The zero-order chi connectivity index (χ0) is 33.9. The van der Waals surface area contributed by atoms with Crippen LogP contribution < -0.4 is 15.9 Å². The normalized spacial score (nSPS) is 14.8. The van der Waals surface area contributed by atoms with Gasteiger partial charge in [-0.25, -0.2) is 14.9 Å². The van der Waals surface area contributed by atoms with E-state index in [9.17, 15) is 4.89 Å². The van der Waals surface area contributed by atoms with Crippen LogP contribution >= 0.6 is 7.49 Å². The topological polar surface area (TPSA) is 50.9 Å². The zero-order valence-electron chi connectivity index (χ0n) is 27.6. The van der Waals surface area contributed by atoms with Crippen molar-refractivity contribution in [3.8, 4) is 50.7 Å². The van der Waals surface area contributed by atoms with Gasteiger partial charge in [0.05, 0.1) is 22.4 Å². The predicted octanol–water partition coefficient (Wildman–Crippen LogP) is 9.76. The molecular weight excluding hydrogens is 642 g/mol. The number of aromatic nitrogens is 3. The standard InChI is InChI=1S/C46H31N3OP/c50-51(35-18-8-3-9-19-35)44-23-13-11-21-37(44)39-29-34(25-27-45(39)51)33-24-26-43-38(28-33)36-20-10-12-22-42(36)49(43)46-47-40(31-14-4-1-5-15-31)30-41(48-46)32-16-6-2-7-17-32/h1-30,50H/q+1. The van der Waals surface area contributed by atoms with Crippen molar-refractivity contribution in [1.82, 2.24) is 14.5 Å². The van der Waals surface area contributed by atoms with Crippen LogP contribution in [-0.4, -0.2) is 19.4 Å². The molecule has 0 saturated carbocycles. The highest BCUT2D eigenvalue weighted by Gasteiger charge is 2.52. The lowest BCUT2D eigenvalue weighted by Crippen LogP contribution is -2.26. The molecular formula is C46H31N3OP+. The molecule has 0 spiro atoms. The van der Waals surface area contributed by atoms with Gasteiger partial charge in [0.25, 0.3) is 0 Å². The smallest absolute Gasteiger partial charge is 0.239 e. The van der Waals surface area contributed by atoms with Crippen molar-refractivity contribution in [2.45, 2.75) is 0 Å². The largest absolute Gasteiger partial charge is 0.278 e. The molecule has 9 aromatic rings. The maximum atomic E-state index is 12.5. The summed E-state index contributed by atoms with van der Waals surface area (Å²) in [6, 6.07) is 62.9. The van der Waals surface area contributed by atoms with Crippen molar-refractivity contribution in [2.24, 2.45) is 0 Å². The van der Waals surface area contributed by atoms with Gasteiger partial charge in [0, 0.05) is 33.0 Å². The molecule has 10 rings (SSSR count). The summed E-state index contributed by atoms with van der Waals surface area (Å²) in [7, 11) is -2.74. The lowest BCUT2D eigenvalue weighted by molar-refractivity contribution is 0.634. The van der Waals surface area contributed by atoms with E-state index in [0.29, 0.717) is 5.95 Å². The zero-order valence-corrected chi connectivity index (χ0v) is 28.5. The van der Waals surface area contributed by atoms with Gasteiger partial charge in [0.2, 0.25) is 13.4 Å². The van der Waals surface area contributed by atoms with E-state index in [1.165, 1.54) is 0 Å². The van der Waals surface area contributed by atoms with Crippen molar-refractivity contribution >= 4 is 45.2 Å². The summed E-state index contributed by atoms with van der Waals surface area (Å²) in [6.07, 6.45) is 0. The fourth-order valence-corrected chi connectivity index (χ4v) is 10.8. The molecule has 0 fully saturated rings. The average molecular weight is 673 g/mol. The van der Waals surface area contributed by atoms with Crippen LogP contribution in [-0.2, 0) is 0 Å². The first kappa shape index (κ1) is 29.7. The number of benzene rings is 7. The maximum absolute atomic E-state index is 12.5. The lowest BCUT2D eigenvalue weighted by Gasteiger charge is -2.16. The highest BCUT2D eigenvalue weighted by molar-refractivity contribution is 7.92. The van der Waals surface area contributed by atoms with Crippen LogP contribution in [0, 0.1) is 0 Å². The highest BCUT2D eigenvalue weighted by atomic mass is 31.2. The SMILES string of the molecule is O[P+]1(c2ccccc2)c2ccccc2-c2cc(-c3ccc4c(c3)c3ccccc3n4-c3nc(-c4ccccc4)cc(-c4ccccc4)n3)ccc21. The van der Waals surface area contributed by atoms with Crippen LogP contribution in [0.3, 0.4) is 0 Å². The Morgan fingerprint density at radius 2 is 0.961 bits per heavy atom. The Hall–Kier alpha value is -6.19. The minimum Gasteiger partial charge on any atom is -0.278 e. The maximum Gasteiger partial charge on any atom is 0.239 e. The number of nitrogens with zero attached hydrogens (tertiary/aromatic N) is 3. The molecule has 0 amide bonds. The first-order chi connectivity index (χ1) is 25.2. The first-order valence-corrected chi connectivity index (χ1v) is 18.9. The molecule has 240 valence electrons. The molecule has 4 nitrogen and oxygen atoms in total. The summed E-state index contributed by atoms with van der Waals surface area (Å²) in [6.45, 7) is 0. The third kappa shape index (κ3) is 4.69. The third-order valence-corrected chi connectivity index (χ3v) is 13.3. The second-order valence-electron chi connectivity index (χ2n) is 13.0. The van der Waals surface area contributed by atoms with E-state index in [1.807, 2.05) is 60.7 Å². The number of fused-ring (bicyclic) bond motifs is 6. The van der Waals surface area contributed by atoms with E-state index in [-0.39, 0.29) is 0 Å². The highest BCUT2D eigenvalue weighted by Crippen LogP contribution is 2.59. The summed E-state index contributed by atoms with van der Waals surface area (Å²) in [5, 5.41) is 5.29. The Bertz CT molecular complexity index is 2700. The van der Waals surface area contributed by atoms with E-state index in [1.54, 1.807) is 0 Å². The summed E-state index contributed by atoms with van der Waals surface area (Å²) in [5.41, 5.74) is 10.4. The van der Waals surface area contributed by atoms with E-state index < -0.39 is 7.49 Å². The van der Waals surface area contributed by atoms with Gasteiger partial charge >= 0.3 is 0 Å². The molecule has 2 aromatic heterocycles. The second-order valence-corrected chi connectivity index (χ2v) is 15.7. The van der Waals surface area contributed by atoms with Gasteiger partial charge in [-0.1, -0.05) is 127 Å². The molecule has 1 aliphatic heterocycles. The van der Waals surface area contributed by atoms with Crippen molar-refractivity contribution < 1.29 is 4.89 Å². The molecule has 1 N–H and O–H groups in total. The summed E-state index contributed by atoms with van der Waals surface area (Å²) in [5.74, 6) is 0.632. The fraction of sp³-hybridized carbons (Fsp3) is 0. The number of para-hydroxylation sites is 1. The minimum atomic E-state index is -2.74. The Morgan fingerprint density at radius 3 is 1.69 bits per heavy atom. The van der Waals surface area contributed by atoms with Gasteiger partial charge < -0.3 is 0 Å². The van der Waals surface area contributed by atoms with Crippen LogP contribution in [0.2, 0.25) is 0 Å². The minimum absolute atomic E-state index is 0.632. The molecule has 1 unspecified atom stereocenters. The van der Waals surface area contributed by atoms with Crippen LogP contribution in [0.15, 0.2) is 182 Å². The molecule has 7 aromatic carbocycles. The second kappa shape index (κ2) is 11.7. The molecule has 5 heteroatoms. The quantitative estimate of drug-likeness (QED) is 0.185. The molecule has 3 heterocycles. The number of hydrogen-bond donors (Lipinski definition) is 1. The average Bonchev–Trinajstić information content (AvgIpc) is 3.68. The van der Waals surface area contributed by atoms with E-state index in [4.69, 9.17) is 9.97 Å². The molecule has 1 atom stereocenters. The van der Waals surface area contributed by atoms with Gasteiger partial charge in [0.1, 0.15) is 15.9 Å². The van der Waals surface area contributed by atoms with Crippen molar-refractivity contribution in [3.63, 3.8) is 0 Å². The Morgan fingerprint density at radius 1 is 0.412 bits per heavy atom. The number of hydrogen-bond acceptors (Lipinski definition) is 3. The molecule has 0 radical (unpaired) electrons. The molecule has 0 bridgehead atoms. The van der Waals surface area contributed by atoms with Gasteiger partial charge in [-0.15, -0.1) is 0 Å². The first-order valence-electron chi connectivity index (χ1n) is 17.1. The molecule has 1 aliphatic rings. The van der Waals surface area contributed by atoms with Crippen LogP contribution in [0.5, 0.6) is 0 Å². The third-order valence-electron chi connectivity index (χ3n) is 10.1. The fourth-order valence-electron chi connectivity index (χ4n) is 7.66. The van der Waals surface area contributed by atoms with E-state index >= 15 is 0 Å². The number of rotatable bonds is 5. The van der Waals surface area contributed by atoms with E-state index in [0.717, 1.165) is 82.5 Å². The summed E-state index contributed by atoms with van der Waals surface area (Å²) < 4.78 is 2.19. The molecule has 0 aliphatic carbocycles. The van der Waals surface area contributed by atoms with Crippen molar-refractivity contribution in [2.75, 3.05) is 0 Å². The lowest BCUT2D eigenvalue weighted by atomic mass is 9.98. The Kier molecular flexibility index (Phi) is 6.82. The monoisotopic (exact) mass is 672 g/mol. The van der Waals surface area contributed by atoms with Crippen LogP contribution in [0.1, 0.15) is 0 Å².